The van der Waals surface area contributed by atoms with E-state index in [1.165, 1.54) is 12.4 Å². The Labute approximate surface area is 134 Å². The number of rotatable bonds is 7. The molecule has 1 aliphatic heterocycles. The van der Waals surface area contributed by atoms with Gasteiger partial charge in [-0.1, -0.05) is 6.92 Å². The van der Waals surface area contributed by atoms with Crippen molar-refractivity contribution in [1.82, 2.24) is 0 Å². The van der Waals surface area contributed by atoms with Crippen molar-refractivity contribution in [3.8, 4) is 5.75 Å². The predicted molar refractivity (Wildman–Crippen MR) is 81.9 cm³/mol. The molecule has 1 saturated heterocycles. The quantitative estimate of drug-likeness (QED) is 0.557. The number of benzene rings is 1. The minimum absolute atomic E-state index is 0.0117. The van der Waals surface area contributed by atoms with E-state index in [1.807, 2.05) is 6.92 Å². The second kappa shape index (κ2) is 7.73. The van der Waals surface area contributed by atoms with Crippen LogP contribution in [0.15, 0.2) is 24.3 Å². The highest BCUT2D eigenvalue weighted by Crippen LogP contribution is 2.24. The van der Waals surface area contributed by atoms with Gasteiger partial charge < -0.3 is 14.8 Å². The van der Waals surface area contributed by atoms with Crippen molar-refractivity contribution in [1.29, 1.82) is 0 Å². The van der Waals surface area contributed by atoms with Crippen molar-refractivity contribution in [3.63, 3.8) is 0 Å². The largest absolute Gasteiger partial charge is 0.494 e. The van der Waals surface area contributed by atoms with Crippen LogP contribution >= 0.6 is 0 Å². The Morgan fingerprint density at radius 2 is 2.00 bits per heavy atom. The third-order valence-electron chi connectivity index (χ3n) is 3.55. The fraction of sp³-hybridized carbons (Fsp3) is 0.438. The average molecular weight is 321 g/mol. The lowest BCUT2D eigenvalue weighted by atomic mass is 10.2. The molecular formula is C16H21N2O5+. The summed E-state index contributed by atoms with van der Waals surface area (Å²) < 4.78 is 10.0. The van der Waals surface area contributed by atoms with Crippen LogP contribution in [0.4, 0.5) is 5.69 Å². The van der Waals surface area contributed by atoms with Gasteiger partial charge in [-0.25, -0.2) is 9.69 Å². The van der Waals surface area contributed by atoms with E-state index < -0.39 is 12.0 Å². The highest BCUT2D eigenvalue weighted by Gasteiger charge is 2.42. The van der Waals surface area contributed by atoms with Gasteiger partial charge in [-0.3, -0.25) is 9.59 Å². The van der Waals surface area contributed by atoms with Crippen molar-refractivity contribution < 1.29 is 29.2 Å². The molecule has 0 spiro atoms. The highest BCUT2D eigenvalue weighted by molar-refractivity contribution is 6.21. The zero-order valence-corrected chi connectivity index (χ0v) is 13.3. The van der Waals surface area contributed by atoms with Crippen LogP contribution in [0.3, 0.4) is 0 Å². The Balaban J connectivity index is 2.03. The van der Waals surface area contributed by atoms with Crippen molar-refractivity contribution >= 4 is 23.5 Å². The number of imide groups is 1. The number of anilines is 1. The number of carbonyl (C=O) groups excluding carboxylic acids is 3. The number of nitrogens with zero attached hydrogens (tertiary/aromatic N) is 1. The molecule has 0 saturated carbocycles. The first-order valence-corrected chi connectivity index (χ1v) is 7.56. The van der Waals surface area contributed by atoms with Gasteiger partial charge in [-0.05, 0) is 30.7 Å². The van der Waals surface area contributed by atoms with E-state index >= 15 is 0 Å². The van der Waals surface area contributed by atoms with Gasteiger partial charge in [0.1, 0.15) is 5.75 Å². The number of hydrogen-bond acceptors (Lipinski definition) is 5. The lowest BCUT2D eigenvalue weighted by Crippen LogP contribution is -2.93. The second-order valence-electron chi connectivity index (χ2n) is 5.24. The minimum atomic E-state index is -0.586. The number of nitrogens with two attached hydrogens (primary N) is 1. The second-order valence-corrected chi connectivity index (χ2v) is 5.24. The predicted octanol–water partition coefficient (Wildman–Crippen LogP) is -0.156. The molecule has 2 N–H and O–H groups in total. The Kier molecular flexibility index (Phi) is 5.70. The molecule has 2 rings (SSSR count). The number of quaternary nitrogens is 1. The molecule has 2 amide bonds. The number of carbonyl (C=O) groups is 3. The first-order valence-electron chi connectivity index (χ1n) is 7.56. The molecule has 0 aromatic heterocycles. The number of methoxy groups -OCH3 is 1. The maximum absolute atomic E-state index is 12.4. The maximum Gasteiger partial charge on any atom is 0.361 e. The van der Waals surface area contributed by atoms with E-state index in [4.69, 9.17) is 4.74 Å². The van der Waals surface area contributed by atoms with E-state index in [1.54, 1.807) is 24.3 Å². The van der Waals surface area contributed by atoms with Gasteiger partial charge in [0, 0.05) is 0 Å². The molecule has 0 radical (unpaired) electrons. The summed E-state index contributed by atoms with van der Waals surface area (Å²) in [6, 6.07) is 6.25. The summed E-state index contributed by atoms with van der Waals surface area (Å²) in [5.41, 5.74) is 0.512. The van der Waals surface area contributed by atoms with Crippen molar-refractivity contribution in [3.05, 3.63) is 24.3 Å². The molecule has 0 bridgehead atoms. The number of ether oxygens (including phenoxy) is 2. The van der Waals surface area contributed by atoms with Crippen molar-refractivity contribution in [2.75, 3.05) is 25.2 Å². The van der Waals surface area contributed by atoms with Crippen LogP contribution in [0, 0.1) is 0 Å². The molecule has 1 fully saturated rings. The summed E-state index contributed by atoms with van der Waals surface area (Å²) in [6.07, 6.45) is 0.979. The van der Waals surface area contributed by atoms with Crippen LogP contribution in [0.1, 0.15) is 19.8 Å². The summed E-state index contributed by atoms with van der Waals surface area (Å²) in [5, 5.41) is 1.53. The third kappa shape index (κ3) is 4.07. The van der Waals surface area contributed by atoms with Crippen LogP contribution in [0.5, 0.6) is 5.75 Å². The smallest absolute Gasteiger partial charge is 0.361 e. The van der Waals surface area contributed by atoms with E-state index in [2.05, 4.69) is 4.74 Å². The molecule has 1 heterocycles. The highest BCUT2D eigenvalue weighted by atomic mass is 16.5. The van der Waals surface area contributed by atoms with E-state index in [-0.39, 0.29) is 24.8 Å². The monoisotopic (exact) mass is 321 g/mol. The van der Waals surface area contributed by atoms with Gasteiger partial charge >= 0.3 is 5.97 Å². The standard InChI is InChI=1S/C16H20N2O5/c1-3-8-23-12-6-4-11(5-7-12)18-14(19)9-13(16(18)21)17-10-15(20)22-2/h4-7,13,17H,3,8-10H2,1-2H3/p+1/t13-/m0/s1. The van der Waals surface area contributed by atoms with Crippen LogP contribution in [-0.4, -0.2) is 44.1 Å². The molecular weight excluding hydrogens is 300 g/mol. The molecule has 7 nitrogen and oxygen atoms in total. The Bertz CT molecular complexity index is 585. The minimum Gasteiger partial charge on any atom is -0.494 e. The van der Waals surface area contributed by atoms with Gasteiger partial charge in [-0.2, -0.15) is 0 Å². The number of esters is 1. The van der Waals surface area contributed by atoms with Gasteiger partial charge in [0.2, 0.25) is 5.91 Å². The van der Waals surface area contributed by atoms with Gasteiger partial charge in [0.25, 0.3) is 5.91 Å². The lowest BCUT2D eigenvalue weighted by molar-refractivity contribution is -0.665. The van der Waals surface area contributed by atoms with Crippen molar-refractivity contribution in [2.24, 2.45) is 0 Å². The molecule has 7 heteroatoms. The molecule has 0 aliphatic carbocycles. The van der Waals surface area contributed by atoms with Crippen LogP contribution in [0.2, 0.25) is 0 Å². The summed E-state index contributed by atoms with van der Waals surface area (Å²) >= 11 is 0. The summed E-state index contributed by atoms with van der Waals surface area (Å²) in [5.74, 6) is -0.325. The zero-order chi connectivity index (χ0) is 16.8. The molecule has 0 unspecified atom stereocenters. The third-order valence-corrected chi connectivity index (χ3v) is 3.55. The Morgan fingerprint density at radius 1 is 1.30 bits per heavy atom. The summed E-state index contributed by atoms with van der Waals surface area (Å²) in [6.45, 7) is 2.64. The first kappa shape index (κ1) is 17.0. The summed E-state index contributed by atoms with van der Waals surface area (Å²) in [7, 11) is 1.28. The zero-order valence-electron chi connectivity index (χ0n) is 13.3. The first-order chi connectivity index (χ1) is 11.1. The molecule has 1 aromatic rings. The molecule has 1 aromatic carbocycles. The normalized spacial score (nSPS) is 17.5. The average Bonchev–Trinajstić information content (AvgIpc) is 2.85. The van der Waals surface area contributed by atoms with Crippen LogP contribution in [0.25, 0.3) is 0 Å². The molecule has 1 aliphatic rings. The molecule has 23 heavy (non-hydrogen) atoms. The van der Waals surface area contributed by atoms with E-state index in [0.29, 0.717) is 18.0 Å². The lowest BCUT2D eigenvalue weighted by Gasteiger charge is -2.14. The van der Waals surface area contributed by atoms with Crippen LogP contribution in [-0.2, 0) is 19.1 Å². The van der Waals surface area contributed by atoms with E-state index in [9.17, 15) is 14.4 Å². The number of amides is 2. The maximum atomic E-state index is 12.4. The fourth-order valence-electron chi connectivity index (χ4n) is 2.34. The SMILES string of the molecule is CCCOc1ccc(N2C(=O)C[C@H]([NH2+]CC(=O)OC)C2=O)cc1. The van der Waals surface area contributed by atoms with E-state index in [0.717, 1.165) is 11.3 Å². The fourth-order valence-corrected chi connectivity index (χ4v) is 2.34. The molecule has 1 atom stereocenters. The topological polar surface area (TPSA) is 89.5 Å². The van der Waals surface area contributed by atoms with Crippen molar-refractivity contribution in [2.45, 2.75) is 25.8 Å². The molecule has 124 valence electrons. The van der Waals surface area contributed by atoms with Crippen LogP contribution < -0.4 is 15.0 Å². The number of hydrogen-bond donors (Lipinski definition) is 1. The van der Waals surface area contributed by atoms with Gasteiger partial charge in [0.15, 0.2) is 12.6 Å². The Hall–Kier alpha value is -2.41. The Morgan fingerprint density at radius 3 is 2.61 bits per heavy atom. The van der Waals surface area contributed by atoms with Gasteiger partial charge in [0.05, 0.1) is 25.8 Å². The summed E-state index contributed by atoms with van der Waals surface area (Å²) in [4.78, 5) is 36.8. The van der Waals surface area contributed by atoms with Gasteiger partial charge in [-0.15, -0.1) is 0 Å².